The molecule has 2 N–H and O–H groups in total. The van der Waals surface area contributed by atoms with Gasteiger partial charge in [-0.15, -0.1) is 0 Å². The third-order valence-corrected chi connectivity index (χ3v) is 5.55. The van der Waals surface area contributed by atoms with Crippen molar-refractivity contribution in [2.45, 2.75) is 31.2 Å². The van der Waals surface area contributed by atoms with Crippen molar-refractivity contribution in [1.29, 1.82) is 0 Å². The Morgan fingerprint density at radius 1 is 1.14 bits per heavy atom. The Morgan fingerprint density at radius 2 is 1.71 bits per heavy atom. The fraction of sp³-hybridized carbons (Fsp3) is 0.600. The van der Waals surface area contributed by atoms with Crippen molar-refractivity contribution < 1.29 is 8.42 Å². The van der Waals surface area contributed by atoms with Crippen LogP contribution in [0.3, 0.4) is 0 Å². The first-order valence-electron chi connectivity index (χ1n) is 7.16. The van der Waals surface area contributed by atoms with Crippen LogP contribution < -0.4 is 10.6 Å². The molecule has 1 atom stereocenters. The topological polar surface area (TPSA) is 66.6 Å². The van der Waals surface area contributed by atoms with Crippen molar-refractivity contribution in [2.75, 3.05) is 32.6 Å². The third kappa shape index (κ3) is 4.43. The average Bonchev–Trinajstić information content (AvgIpc) is 2.43. The summed E-state index contributed by atoms with van der Waals surface area (Å²) in [5, 5.41) is 0. The molecule has 1 unspecified atom stereocenters. The number of sulfonamides is 1. The van der Waals surface area contributed by atoms with E-state index in [0.717, 1.165) is 13.0 Å². The van der Waals surface area contributed by atoms with Crippen LogP contribution in [0.2, 0.25) is 0 Å². The number of hydrogen-bond acceptors (Lipinski definition) is 4. The van der Waals surface area contributed by atoms with Gasteiger partial charge in [0.1, 0.15) is 4.90 Å². The fourth-order valence-electron chi connectivity index (χ4n) is 1.98. The Bertz CT molecular complexity index is 556. The summed E-state index contributed by atoms with van der Waals surface area (Å²) in [6.45, 7) is 4.91. The van der Waals surface area contributed by atoms with Crippen molar-refractivity contribution in [3.05, 3.63) is 24.3 Å². The summed E-state index contributed by atoms with van der Waals surface area (Å²) in [5.74, 6) is 0.416. The van der Waals surface area contributed by atoms with Gasteiger partial charge in [0, 0.05) is 33.7 Å². The van der Waals surface area contributed by atoms with E-state index < -0.39 is 10.0 Å². The lowest BCUT2D eigenvalue weighted by atomic mass is 10.0. The Morgan fingerprint density at radius 3 is 2.24 bits per heavy atom. The maximum atomic E-state index is 12.4. The quantitative estimate of drug-likeness (QED) is 0.833. The van der Waals surface area contributed by atoms with Crippen LogP contribution in [0.25, 0.3) is 0 Å². The Labute approximate surface area is 128 Å². The van der Waals surface area contributed by atoms with Crippen LogP contribution in [0.1, 0.15) is 20.3 Å². The molecule has 0 radical (unpaired) electrons. The Balaban J connectivity index is 2.99. The van der Waals surface area contributed by atoms with Gasteiger partial charge in [0.25, 0.3) is 0 Å². The van der Waals surface area contributed by atoms with Crippen molar-refractivity contribution in [3.63, 3.8) is 0 Å². The standard InChI is InChI=1S/C15H27N3O2S/c1-12(2)13(16)10-11-18(5)14-8-6-7-9-15(14)21(19,20)17(3)4/h6-9,12-13H,10-11,16H2,1-5H3. The number of anilines is 1. The Hall–Kier alpha value is -1.11. The molecule has 0 heterocycles. The lowest BCUT2D eigenvalue weighted by molar-refractivity contribution is 0.465. The number of nitrogens with two attached hydrogens (primary N) is 1. The summed E-state index contributed by atoms with van der Waals surface area (Å²) in [6, 6.07) is 7.18. The van der Waals surface area contributed by atoms with E-state index in [1.54, 1.807) is 26.2 Å². The molecular weight excluding hydrogens is 286 g/mol. The first kappa shape index (κ1) is 17.9. The van der Waals surface area contributed by atoms with E-state index in [4.69, 9.17) is 5.73 Å². The van der Waals surface area contributed by atoms with Gasteiger partial charge >= 0.3 is 0 Å². The molecule has 6 heteroatoms. The minimum atomic E-state index is -3.45. The van der Waals surface area contributed by atoms with Gasteiger partial charge in [-0.25, -0.2) is 12.7 Å². The number of rotatable bonds is 7. The molecule has 0 saturated heterocycles. The summed E-state index contributed by atoms with van der Waals surface area (Å²) in [7, 11) is 1.54. The summed E-state index contributed by atoms with van der Waals surface area (Å²) in [4.78, 5) is 2.29. The second-order valence-electron chi connectivity index (χ2n) is 5.87. The molecule has 0 aliphatic carbocycles. The first-order valence-corrected chi connectivity index (χ1v) is 8.60. The van der Waals surface area contributed by atoms with Gasteiger partial charge in [-0.1, -0.05) is 26.0 Å². The lowest BCUT2D eigenvalue weighted by Crippen LogP contribution is -2.32. The zero-order valence-corrected chi connectivity index (χ0v) is 14.4. The van der Waals surface area contributed by atoms with E-state index in [1.807, 2.05) is 24.1 Å². The highest BCUT2D eigenvalue weighted by Crippen LogP contribution is 2.26. The van der Waals surface area contributed by atoms with E-state index >= 15 is 0 Å². The van der Waals surface area contributed by atoms with E-state index in [9.17, 15) is 8.42 Å². The van der Waals surface area contributed by atoms with Gasteiger partial charge in [0.15, 0.2) is 0 Å². The molecule has 1 aromatic rings. The molecule has 0 aromatic heterocycles. The number of para-hydroxylation sites is 1. The highest BCUT2D eigenvalue weighted by molar-refractivity contribution is 7.89. The molecule has 1 rings (SSSR count). The summed E-state index contributed by atoms with van der Waals surface area (Å²) in [5.41, 5.74) is 6.77. The SMILES string of the molecule is CC(C)C(N)CCN(C)c1ccccc1S(=O)(=O)N(C)C. The summed E-state index contributed by atoms with van der Waals surface area (Å²) >= 11 is 0. The minimum absolute atomic E-state index is 0.116. The van der Waals surface area contributed by atoms with Gasteiger partial charge in [-0.2, -0.15) is 0 Å². The molecule has 120 valence electrons. The molecule has 0 aliphatic heterocycles. The molecule has 0 saturated carbocycles. The zero-order valence-electron chi connectivity index (χ0n) is 13.6. The maximum absolute atomic E-state index is 12.4. The monoisotopic (exact) mass is 313 g/mol. The molecule has 21 heavy (non-hydrogen) atoms. The molecule has 0 fully saturated rings. The number of benzene rings is 1. The van der Waals surface area contributed by atoms with Crippen LogP contribution in [-0.4, -0.2) is 46.5 Å². The van der Waals surface area contributed by atoms with Crippen molar-refractivity contribution in [1.82, 2.24) is 4.31 Å². The van der Waals surface area contributed by atoms with E-state index in [2.05, 4.69) is 13.8 Å². The molecule has 5 nitrogen and oxygen atoms in total. The van der Waals surface area contributed by atoms with E-state index in [0.29, 0.717) is 16.5 Å². The zero-order chi connectivity index (χ0) is 16.2. The molecule has 0 spiro atoms. The van der Waals surface area contributed by atoms with Crippen LogP contribution in [-0.2, 0) is 10.0 Å². The highest BCUT2D eigenvalue weighted by Gasteiger charge is 2.22. The van der Waals surface area contributed by atoms with Crippen molar-refractivity contribution in [3.8, 4) is 0 Å². The van der Waals surface area contributed by atoms with E-state index in [1.165, 1.54) is 4.31 Å². The fourth-order valence-corrected chi connectivity index (χ4v) is 3.12. The van der Waals surface area contributed by atoms with Crippen molar-refractivity contribution in [2.24, 2.45) is 11.7 Å². The maximum Gasteiger partial charge on any atom is 0.244 e. The van der Waals surface area contributed by atoms with Gasteiger partial charge in [0.05, 0.1) is 5.69 Å². The summed E-state index contributed by atoms with van der Waals surface area (Å²) in [6.07, 6.45) is 0.824. The summed E-state index contributed by atoms with van der Waals surface area (Å²) < 4.78 is 26.0. The highest BCUT2D eigenvalue weighted by atomic mass is 32.2. The molecular formula is C15H27N3O2S. The van der Waals surface area contributed by atoms with Crippen LogP contribution in [0.4, 0.5) is 5.69 Å². The predicted molar refractivity (Wildman–Crippen MR) is 88.0 cm³/mol. The van der Waals surface area contributed by atoms with Gasteiger partial charge in [-0.3, -0.25) is 0 Å². The average molecular weight is 313 g/mol. The molecule has 1 aromatic carbocycles. The largest absolute Gasteiger partial charge is 0.373 e. The third-order valence-electron chi connectivity index (χ3n) is 3.69. The van der Waals surface area contributed by atoms with Crippen LogP contribution in [0, 0.1) is 5.92 Å². The smallest absolute Gasteiger partial charge is 0.244 e. The number of nitrogens with zero attached hydrogens (tertiary/aromatic N) is 2. The Kier molecular flexibility index (Phi) is 6.19. The van der Waals surface area contributed by atoms with Gasteiger partial charge in [-0.05, 0) is 24.5 Å². The second-order valence-corrected chi connectivity index (χ2v) is 7.99. The second kappa shape index (κ2) is 7.24. The van der Waals surface area contributed by atoms with Gasteiger partial charge < -0.3 is 10.6 Å². The van der Waals surface area contributed by atoms with Crippen LogP contribution in [0.15, 0.2) is 29.2 Å². The lowest BCUT2D eigenvalue weighted by Gasteiger charge is -2.25. The molecule has 0 amide bonds. The predicted octanol–water partition coefficient (Wildman–Crippen LogP) is 1.75. The van der Waals surface area contributed by atoms with Crippen molar-refractivity contribution >= 4 is 15.7 Å². The molecule has 0 aliphatic rings. The van der Waals surface area contributed by atoms with Crippen LogP contribution in [0.5, 0.6) is 0 Å². The molecule has 0 bridgehead atoms. The minimum Gasteiger partial charge on any atom is -0.373 e. The normalized spacial score (nSPS) is 13.7. The number of hydrogen-bond donors (Lipinski definition) is 1. The van der Waals surface area contributed by atoms with E-state index in [-0.39, 0.29) is 6.04 Å². The first-order chi connectivity index (χ1) is 9.67. The van der Waals surface area contributed by atoms with Gasteiger partial charge in [0.2, 0.25) is 10.0 Å². The van der Waals surface area contributed by atoms with Crippen LogP contribution >= 0.6 is 0 Å².